The molecule has 0 saturated heterocycles. The van der Waals surface area contributed by atoms with E-state index in [4.69, 9.17) is 15.2 Å². The quantitative estimate of drug-likeness (QED) is 0.424. The lowest BCUT2D eigenvalue weighted by Gasteiger charge is -2.08. The van der Waals surface area contributed by atoms with E-state index in [-0.39, 0.29) is 22.8 Å². The van der Waals surface area contributed by atoms with Gasteiger partial charge in [-0.25, -0.2) is 4.79 Å². The highest BCUT2D eigenvalue weighted by atomic mass is 16.5. The van der Waals surface area contributed by atoms with Crippen LogP contribution in [0.2, 0.25) is 0 Å². The summed E-state index contributed by atoms with van der Waals surface area (Å²) in [4.78, 5) is 25.3. The van der Waals surface area contributed by atoms with Crippen molar-refractivity contribution in [1.29, 1.82) is 0 Å². The third kappa shape index (κ3) is 2.63. The monoisotopic (exact) mass is 354 g/mol. The number of aromatic nitrogens is 1. The van der Waals surface area contributed by atoms with E-state index in [0.717, 1.165) is 0 Å². The van der Waals surface area contributed by atoms with Crippen LogP contribution in [0.1, 0.15) is 32.0 Å². The molecule has 3 aromatic rings. The van der Waals surface area contributed by atoms with Gasteiger partial charge in [0, 0.05) is 5.56 Å². The van der Waals surface area contributed by atoms with Crippen molar-refractivity contribution >= 4 is 23.0 Å². The van der Waals surface area contributed by atoms with Gasteiger partial charge in [0.25, 0.3) is 0 Å². The Hall–Kier alpha value is -3.48. The van der Waals surface area contributed by atoms with Gasteiger partial charge >= 0.3 is 5.97 Å². The zero-order valence-electron chi connectivity index (χ0n) is 14.6. The fourth-order valence-corrected chi connectivity index (χ4v) is 3.00. The molecule has 0 radical (unpaired) electrons. The molecule has 0 unspecified atom stereocenters. The van der Waals surface area contributed by atoms with Crippen LogP contribution in [0.4, 0.5) is 5.69 Å². The number of nitrogens with zero attached hydrogens (tertiary/aromatic N) is 1. The van der Waals surface area contributed by atoms with E-state index in [1.54, 1.807) is 25.1 Å². The minimum atomic E-state index is -0.556. The maximum absolute atomic E-state index is 13.1. The van der Waals surface area contributed by atoms with Crippen LogP contribution in [-0.2, 0) is 4.74 Å². The van der Waals surface area contributed by atoms with E-state index in [9.17, 15) is 14.7 Å². The second-order valence-corrected chi connectivity index (χ2v) is 5.77. The van der Waals surface area contributed by atoms with Gasteiger partial charge in [0.2, 0.25) is 5.78 Å². The van der Waals surface area contributed by atoms with Crippen LogP contribution in [-0.4, -0.2) is 35.5 Å². The molecule has 0 bridgehead atoms. The smallest absolute Gasteiger partial charge is 0.340 e. The number of hydrogen-bond donors (Lipinski definition) is 2. The van der Waals surface area contributed by atoms with E-state index in [2.05, 4.69) is 0 Å². The molecule has 0 saturated carbocycles. The Kier molecular flexibility index (Phi) is 4.29. The maximum Gasteiger partial charge on any atom is 0.340 e. The van der Waals surface area contributed by atoms with Crippen LogP contribution in [0, 0.1) is 6.92 Å². The van der Waals surface area contributed by atoms with Gasteiger partial charge in [-0.15, -0.1) is 0 Å². The highest BCUT2D eigenvalue weighted by Gasteiger charge is 2.26. The molecule has 0 aliphatic carbocycles. The standard InChI is InChI=1S/C19H18N2O5/c1-10-16(19(24)26-3)14-7-5-12(22)9-21(14)17(10)18(23)11-4-6-13(20)15(8-11)25-2/h4-9,22H,20H2,1-3H3. The Morgan fingerprint density at radius 1 is 1.15 bits per heavy atom. The number of hydrogen-bond acceptors (Lipinski definition) is 6. The van der Waals surface area contributed by atoms with E-state index in [0.29, 0.717) is 28.1 Å². The highest BCUT2D eigenvalue weighted by Crippen LogP contribution is 2.30. The van der Waals surface area contributed by atoms with Crippen molar-refractivity contribution in [2.24, 2.45) is 0 Å². The summed E-state index contributed by atoms with van der Waals surface area (Å²) in [5.74, 6) is -0.547. The number of pyridine rings is 1. The molecule has 0 atom stereocenters. The summed E-state index contributed by atoms with van der Waals surface area (Å²) in [6.45, 7) is 1.66. The van der Waals surface area contributed by atoms with E-state index in [1.807, 2.05) is 0 Å². The van der Waals surface area contributed by atoms with Crippen molar-refractivity contribution in [3.05, 3.63) is 58.9 Å². The molecule has 0 amide bonds. The van der Waals surface area contributed by atoms with Crippen molar-refractivity contribution in [3.8, 4) is 11.5 Å². The molecule has 1 aromatic carbocycles. The van der Waals surface area contributed by atoms with Gasteiger partial charge in [0.05, 0.1) is 42.9 Å². The fourth-order valence-electron chi connectivity index (χ4n) is 3.00. The van der Waals surface area contributed by atoms with Gasteiger partial charge in [-0.1, -0.05) is 0 Å². The summed E-state index contributed by atoms with van der Waals surface area (Å²) >= 11 is 0. The number of benzene rings is 1. The maximum atomic E-state index is 13.1. The Labute approximate surface area is 149 Å². The molecule has 3 rings (SSSR count). The van der Waals surface area contributed by atoms with E-state index >= 15 is 0 Å². The number of anilines is 1. The van der Waals surface area contributed by atoms with Gasteiger partial charge in [-0.2, -0.15) is 0 Å². The first-order valence-corrected chi connectivity index (χ1v) is 7.79. The fraction of sp³-hybridized carbons (Fsp3) is 0.158. The Morgan fingerprint density at radius 3 is 2.54 bits per heavy atom. The van der Waals surface area contributed by atoms with Gasteiger partial charge in [-0.3, -0.25) is 4.79 Å². The highest BCUT2D eigenvalue weighted by molar-refractivity contribution is 6.13. The molecule has 134 valence electrons. The molecular weight excluding hydrogens is 336 g/mol. The first-order chi connectivity index (χ1) is 12.4. The van der Waals surface area contributed by atoms with E-state index in [1.165, 1.54) is 36.9 Å². The number of esters is 1. The zero-order valence-corrected chi connectivity index (χ0v) is 14.6. The van der Waals surface area contributed by atoms with Gasteiger partial charge in [0.1, 0.15) is 11.5 Å². The van der Waals surface area contributed by atoms with Crippen molar-refractivity contribution in [1.82, 2.24) is 4.40 Å². The molecule has 0 spiro atoms. The summed E-state index contributed by atoms with van der Waals surface area (Å²) in [5, 5.41) is 9.84. The molecule has 0 aliphatic rings. The summed E-state index contributed by atoms with van der Waals surface area (Å²) in [6, 6.07) is 7.71. The number of ether oxygens (including phenoxy) is 2. The minimum absolute atomic E-state index is 0.0344. The average molecular weight is 354 g/mol. The number of fused-ring (bicyclic) bond motifs is 1. The zero-order chi connectivity index (χ0) is 19.0. The van der Waals surface area contributed by atoms with Gasteiger partial charge in [0.15, 0.2) is 0 Å². The number of methoxy groups -OCH3 is 2. The molecule has 7 heteroatoms. The third-order valence-electron chi connectivity index (χ3n) is 4.26. The van der Waals surface area contributed by atoms with Gasteiger partial charge < -0.3 is 24.7 Å². The second kappa shape index (κ2) is 6.44. The molecule has 26 heavy (non-hydrogen) atoms. The Morgan fingerprint density at radius 2 is 1.88 bits per heavy atom. The molecule has 7 nitrogen and oxygen atoms in total. The number of nitrogens with two attached hydrogens (primary N) is 1. The molecule has 0 aliphatic heterocycles. The summed E-state index contributed by atoms with van der Waals surface area (Å²) in [6.07, 6.45) is 1.39. The van der Waals surface area contributed by atoms with Crippen molar-refractivity contribution in [2.45, 2.75) is 6.92 Å². The van der Waals surface area contributed by atoms with Crippen LogP contribution in [0.5, 0.6) is 11.5 Å². The van der Waals surface area contributed by atoms with Crippen LogP contribution in [0.3, 0.4) is 0 Å². The minimum Gasteiger partial charge on any atom is -0.506 e. The number of carbonyl (C=O) groups excluding carboxylic acids is 2. The SMILES string of the molecule is COC(=O)c1c(C)c(C(=O)c2ccc(N)c(OC)c2)n2cc(O)ccc12. The lowest BCUT2D eigenvalue weighted by Crippen LogP contribution is -2.08. The molecule has 0 fully saturated rings. The number of ketones is 1. The largest absolute Gasteiger partial charge is 0.506 e. The lowest BCUT2D eigenvalue weighted by molar-refractivity contribution is 0.0602. The first kappa shape index (κ1) is 17.3. The number of rotatable bonds is 4. The van der Waals surface area contributed by atoms with Crippen LogP contribution < -0.4 is 10.5 Å². The van der Waals surface area contributed by atoms with Crippen molar-refractivity contribution in [2.75, 3.05) is 20.0 Å². The molecular formula is C19H18N2O5. The van der Waals surface area contributed by atoms with Crippen LogP contribution >= 0.6 is 0 Å². The van der Waals surface area contributed by atoms with Crippen LogP contribution in [0.25, 0.3) is 5.52 Å². The Bertz CT molecular complexity index is 1040. The predicted molar refractivity (Wildman–Crippen MR) is 96.0 cm³/mol. The molecule has 3 N–H and O–H groups in total. The summed E-state index contributed by atoms with van der Waals surface area (Å²) < 4.78 is 11.5. The summed E-state index contributed by atoms with van der Waals surface area (Å²) in [5.41, 5.74) is 8.02. The first-order valence-electron chi connectivity index (χ1n) is 7.79. The van der Waals surface area contributed by atoms with Crippen molar-refractivity contribution in [3.63, 3.8) is 0 Å². The number of nitrogen functional groups attached to an aromatic ring is 1. The Balaban J connectivity index is 2.27. The van der Waals surface area contributed by atoms with Crippen molar-refractivity contribution < 1.29 is 24.2 Å². The number of carbonyl (C=O) groups is 2. The number of aromatic hydroxyl groups is 1. The third-order valence-corrected chi connectivity index (χ3v) is 4.26. The predicted octanol–water partition coefficient (Wildman–Crippen LogP) is 2.56. The summed E-state index contributed by atoms with van der Waals surface area (Å²) in [7, 11) is 2.74. The normalized spacial score (nSPS) is 10.7. The van der Waals surface area contributed by atoms with E-state index < -0.39 is 5.97 Å². The topological polar surface area (TPSA) is 103 Å². The molecule has 2 heterocycles. The average Bonchev–Trinajstić information content (AvgIpc) is 2.92. The molecule has 2 aromatic heterocycles. The van der Waals surface area contributed by atoms with Crippen LogP contribution in [0.15, 0.2) is 36.5 Å². The lowest BCUT2D eigenvalue weighted by atomic mass is 10.0. The second-order valence-electron chi connectivity index (χ2n) is 5.77. The van der Waals surface area contributed by atoms with Gasteiger partial charge in [-0.05, 0) is 42.8 Å².